The molecule has 0 aliphatic carbocycles. The number of hydrogen-bond acceptors (Lipinski definition) is 3. The van der Waals surface area contributed by atoms with Crippen LogP contribution in [0, 0.1) is 0 Å². The number of rotatable bonds is 4. The topological polar surface area (TPSA) is 83.5 Å². The SMILES string of the molecule is O=[C]NCc1ccccc1S(=O)(=O)O. The fraction of sp³-hybridized carbons (Fsp3) is 0.125. The molecule has 0 aliphatic heterocycles. The van der Waals surface area contributed by atoms with E-state index in [1.165, 1.54) is 24.6 Å². The summed E-state index contributed by atoms with van der Waals surface area (Å²) in [5.41, 5.74) is 0.318. The van der Waals surface area contributed by atoms with Crippen molar-refractivity contribution in [3.05, 3.63) is 29.8 Å². The number of nitrogens with one attached hydrogen (secondary N) is 1. The maximum Gasteiger partial charge on any atom is 0.309 e. The van der Waals surface area contributed by atoms with Crippen LogP contribution in [0.15, 0.2) is 29.2 Å². The summed E-state index contributed by atoms with van der Waals surface area (Å²) in [5.74, 6) is 0. The standard InChI is InChI=1S/C8H8NO4S/c10-6-9-5-7-3-1-2-4-8(7)14(11,12)13/h1-4H,5H2,(H,9,10)(H,11,12,13). The molecule has 0 heterocycles. The minimum atomic E-state index is -4.23. The average molecular weight is 214 g/mol. The van der Waals surface area contributed by atoms with E-state index in [1.54, 1.807) is 6.07 Å². The average Bonchev–Trinajstić information content (AvgIpc) is 2.14. The smallest absolute Gasteiger partial charge is 0.309 e. The molecular formula is C8H8NO4S. The van der Waals surface area contributed by atoms with Crippen molar-refractivity contribution in [1.29, 1.82) is 0 Å². The quantitative estimate of drug-likeness (QED) is 0.549. The molecule has 1 radical (unpaired) electrons. The van der Waals surface area contributed by atoms with Crippen LogP contribution in [0.3, 0.4) is 0 Å². The summed E-state index contributed by atoms with van der Waals surface area (Å²) >= 11 is 0. The Morgan fingerprint density at radius 3 is 2.57 bits per heavy atom. The zero-order valence-corrected chi connectivity index (χ0v) is 7.91. The van der Waals surface area contributed by atoms with Gasteiger partial charge in [-0.15, -0.1) is 0 Å². The van der Waals surface area contributed by atoms with Crippen molar-refractivity contribution in [2.45, 2.75) is 11.4 Å². The highest BCUT2D eigenvalue weighted by atomic mass is 32.2. The normalized spacial score (nSPS) is 10.9. The van der Waals surface area contributed by atoms with Crippen LogP contribution in [-0.2, 0) is 21.5 Å². The summed E-state index contributed by atoms with van der Waals surface area (Å²) in [7, 11) is -4.23. The lowest BCUT2D eigenvalue weighted by Gasteiger charge is -2.04. The summed E-state index contributed by atoms with van der Waals surface area (Å²) in [5, 5.41) is 2.20. The molecule has 0 aliphatic rings. The van der Waals surface area contributed by atoms with E-state index in [1.807, 2.05) is 0 Å². The third-order valence-electron chi connectivity index (χ3n) is 1.60. The maximum absolute atomic E-state index is 10.8. The van der Waals surface area contributed by atoms with Crippen LogP contribution in [0.5, 0.6) is 0 Å². The van der Waals surface area contributed by atoms with E-state index in [2.05, 4.69) is 5.32 Å². The van der Waals surface area contributed by atoms with Gasteiger partial charge in [-0.1, -0.05) is 18.2 Å². The number of amides is 1. The van der Waals surface area contributed by atoms with Crippen molar-refractivity contribution in [3.63, 3.8) is 0 Å². The molecule has 6 heteroatoms. The summed E-state index contributed by atoms with van der Waals surface area (Å²) < 4.78 is 30.5. The molecule has 1 amide bonds. The first-order valence-corrected chi connectivity index (χ1v) is 5.15. The fourth-order valence-electron chi connectivity index (χ4n) is 1.03. The maximum atomic E-state index is 10.8. The molecule has 75 valence electrons. The first-order valence-electron chi connectivity index (χ1n) is 3.71. The summed E-state index contributed by atoms with van der Waals surface area (Å²) in [4.78, 5) is 9.69. The Hall–Kier alpha value is -1.40. The van der Waals surface area contributed by atoms with Crippen molar-refractivity contribution < 1.29 is 17.8 Å². The Morgan fingerprint density at radius 2 is 2.00 bits per heavy atom. The molecule has 0 bridgehead atoms. The molecule has 0 aromatic heterocycles. The molecular weight excluding hydrogens is 206 g/mol. The summed E-state index contributed by atoms with van der Waals surface area (Å²) in [6, 6.07) is 5.85. The highest BCUT2D eigenvalue weighted by molar-refractivity contribution is 7.85. The number of benzene rings is 1. The van der Waals surface area contributed by atoms with Gasteiger partial charge in [0.15, 0.2) is 0 Å². The van der Waals surface area contributed by atoms with Crippen LogP contribution in [0.4, 0.5) is 0 Å². The molecule has 0 atom stereocenters. The van der Waals surface area contributed by atoms with E-state index in [0.29, 0.717) is 5.56 Å². The van der Waals surface area contributed by atoms with Crippen LogP contribution < -0.4 is 5.32 Å². The Labute approximate surface area is 81.5 Å². The lowest BCUT2D eigenvalue weighted by Crippen LogP contribution is -2.13. The van der Waals surface area contributed by atoms with Crippen LogP contribution in [0.1, 0.15) is 5.56 Å². The molecule has 0 spiro atoms. The lowest BCUT2D eigenvalue weighted by molar-refractivity contribution is 0.481. The fourth-order valence-corrected chi connectivity index (χ4v) is 1.75. The van der Waals surface area contributed by atoms with Crippen LogP contribution in [0.2, 0.25) is 0 Å². The molecule has 1 aromatic rings. The predicted molar refractivity (Wildman–Crippen MR) is 48.8 cm³/mol. The second-order valence-electron chi connectivity index (χ2n) is 2.54. The molecule has 0 unspecified atom stereocenters. The van der Waals surface area contributed by atoms with E-state index >= 15 is 0 Å². The van der Waals surface area contributed by atoms with Crippen molar-refractivity contribution in [1.82, 2.24) is 5.32 Å². The van der Waals surface area contributed by atoms with Gasteiger partial charge in [-0.25, -0.2) is 0 Å². The van der Waals surface area contributed by atoms with Crippen LogP contribution in [-0.4, -0.2) is 19.4 Å². The Bertz CT molecular complexity index is 427. The van der Waals surface area contributed by atoms with Crippen molar-refractivity contribution in [2.24, 2.45) is 0 Å². The highest BCUT2D eigenvalue weighted by Crippen LogP contribution is 2.14. The summed E-state index contributed by atoms with van der Waals surface area (Å²) in [6.07, 6.45) is 1.42. The molecule has 0 saturated heterocycles. The van der Waals surface area contributed by atoms with Gasteiger partial charge in [0, 0.05) is 6.54 Å². The van der Waals surface area contributed by atoms with Crippen LogP contribution >= 0.6 is 0 Å². The van der Waals surface area contributed by atoms with Gasteiger partial charge in [-0.2, -0.15) is 8.42 Å². The van der Waals surface area contributed by atoms with Crippen molar-refractivity contribution in [2.75, 3.05) is 0 Å². The minimum Gasteiger partial charge on any atom is -0.344 e. The van der Waals surface area contributed by atoms with E-state index in [4.69, 9.17) is 4.55 Å². The molecule has 2 N–H and O–H groups in total. The molecule has 1 rings (SSSR count). The molecule has 14 heavy (non-hydrogen) atoms. The van der Waals surface area contributed by atoms with E-state index < -0.39 is 10.1 Å². The van der Waals surface area contributed by atoms with E-state index in [9.17, 15) is 13.2 Å². The molecule has 0 saturated carbocycles. The first-order chi connectivity index (χ1) is 6.55. The zero-order chi connectivity index (χ0) is 10.6. The molecule has 5 nitrogen and oxygen atoms in total. The Kier molecular flexibility index (Phi) is 3.21. The van der Waals surface area contributed by atoms with Gasteiger partial charge < -0.3 is 5.32 Å². The van der Waals surface area contributed by atoms with Gasteiger partial charge in [0.05, 0.1) is 4.90 Å². The van der Waals surface area contributed by atoms with Crippen molar-refractivity contribution >= 4 is 16.5 Å². The van der Waals surface area contributed by atoms with Gasteiger partial charge in [-0.05, 0) is 11.6 Å². The zero-order valence-electron chi connectivity index (χ0n) is 7.10. The first kappa shape index (κ1) is 10.7. The Balaban J connectivity index is 3.10. The minimum absolute atomic E-state index is 0.0134. The largest absolute Gasteiger partial charge is 0.344 e. The van der Waals surface area contributed by atoms with Crippen LogP contribution in [0.25, 0.3) is 0 Å². The molecule has 1 aromatic carbocycles. The summed E-state index contributed by atoms with van der Waals surface area (Å²) in [6.45, 7) is 0.0134. The van der Waals surface area contributed by atoms with E-state index in [0.717, 1.165) is 0 Å². The number of carbonyl (C=O) groups excluding carboxylic acids is 1. The highest BCUT2D eigenvalue weighted by Gasteiger charge is 2.13. The monoisotopic (exact) mass is 214 g/mol. The van der Waals surface area contributed by atoms with E-state index in [-0.39, 0.29) is 11.4 Å². The second-order valence-corrected chi connectivity index (χ2v) is 3.93. The lowest BCUT2D eigenvalue weighted by atomic mass is 10.2. The predicted octanol–water partition coefficient (Wildman–Crippen LogP) is 0.0901. The third-order valence-corrected chi connectivity index (χ3v) is 2.56. The third kappa shape index (κ3) is 2.54. The van der Waals surface area contributed by atoms with Gasteiger partial charge in [0.2, 0.25) is 0 Å². The molecule has 0 fully saturated rings. The van der Waals surface area contributed by atoms with Gasteiger partial charge in [0.1, 0.15) is 0 Å². The van der Waals surface area contributed by atoms with Crippen molar-refractivity contribution in [3.8, 4) is 0 Å². The van der Waals surface area contributed by atoms with Gasteiger partial charge in [0.25, 0.3) is 10.1 Å². The van der Waals surface area contributed by atoms with Gasteiger partial charge in [-0.3, -0.25) is 9.35 Å². The Morgan fingerprint density at radius 1 is 1.36 bits per heavy atom. The number of hydrogen-bond donors (Lipinski definition) is 2. The van der Waals surface area contributed by atoms with Gasteiger partial charge >= 0.3 is 6.41 Å². The second kappa shape index (κ2) is 4.21.